The van der Waals surface area contributed by atoms with E-state index in [4.69, 9.17) is 0 Å². The van der Waals surface area contributed by atoms with Crippen molar-refractivity contribution < 1.29 is 4.79 Å². The summed E-state index contributed by atoms with van der Waals surface area (Å²) in [5, 5.41) is 0. The number of hydrogen-bond acceptors (Lipinski definition) is 2. The van der Waals surface area contributed by atoms with Crippen molar-refractivity contribution in [1.82, 2.24) is 4.90 Å². The fraction of sp³-hybridized carbons (Fsp3) is 0.889. The molecule has 0 saturated heterocycles. The number of carbonyl (C=O) groups is 1. The first-order chi connectivity index (χ1) is 5.04. The van der Waals surface area contributed by atoms with E-state index in [0.717, 1.165) is 0 Å². The van der Waals surface area contributed by atoms with Crippen LogP contribution in [0, 0.1) is 5.92 Å². The van der Waals surface area contributed by atoms with Crippen LogP contribution in [0.1, 0.15) is 27.7 Å². The Morgan fingerprint density at radius 1 is 1.27 bits per heavy atom. The number of nitrogens with zero attached hydrogens (tertiary/aromatic N) is 1. The van der Waals surface area contributed by atoms with Crippen molar-refractivity contribution in [1.29, 1.82) is 0 Å². The molecule has 11 heavy (non-hydrogen) atoms. The van der Waals surface area contributed by atoms with Crippen LogP contribution in [0.5, 0.6) is 0 Å². The minimum atomic E-state index is 0.174. The van der Waals surface area contributed by atoms with Crippen molar-refractivity contribution in [2.75, 3.05) is 20.6 Å². The third kappa shape index (κ3) is 9.63. The fourth-order valence-corrected chi connectivity index (χ4v) is 0.494. The molecule has 2 heteroatoms. The van der Waals surface area contributed by atoms with Gasteiger partial charge in [0, 0.05) is 5.92 Å². The van der Waals surface area contributed by atoms with Crippen LogP contribution in [0.25, 0.3) is 0 Å². The topological polar surface area (TPSA) is 20.3 Å². The Bertz CT molecular complexity index is 97.7. The summed E-state index contributed by atoms with van der Waals surface area (Å²) in [6.07, 6.45) is 0. The maximum Gasteiger partial charge on any atom is 0.149 e. The van der Waals surface area contributed by atoms with Crippen LogP contribution in [0.4, 0.5) is 0 Å². The van der Waals surface area contributed by atoms with Gasteiger partial charge in [-0.1, -0.05) is 27.7 Å². The Balaban J connectivity index is 0. The van der Waals surface area contributed by atoms with Crippen LogP contribution in [-0.4, -0.2) is 31.3 Å². The van der Waals surface area contributed by atoms with Gasteiger partial charge in [-0.2, -0.15) is 0 Å². The van der Waals surface area contributed by atoms with Crippen molar-refractivity contribution in [3.8, 4) is 0 Å². The molecule has 0 aliphatic heterocycles. The second-order valence-electron chi connectivity index (χ2n) is 2.86. The summed E-state index contributed by atoms with van der Waals surface area (Å²) in [6, 6.07) is 0. The molecular weight excluding hydrogens is 138 g/mol. The van der Waals surface area contributed by atoms with E-state index in [-0.39, 0.29) is 5.92 Å². The molecule has 0 N–H and O–H groups in total. The highest BCUT2D eigenvalue weighted by atomic mass is 16.1. The smallest absolute Gasteiger partial charge is 0.149 e. The van der Waals surface area contributed by atoms with Gasteiger partial charge in [-0.3, -0.25) is 4.79 Å². The van der Waals surface area contributed by atoms with Crippen molar-refractivity contribution in [2.24, 2.45) is 5.92 Å². The molecule has 0 spiro atoms. The summed E-state index contributed by atoms with van der Waals surface area (Å²) in [7, 11) is 3.81. The predicted octanol–water partition coefficient (Wildman–Crippen LogP) is 1.80. The highest BCUT2D eigenvalue weighted by Gasteiger charge is 2.06. The summed E-state index contributed by atoms with van der Waals surface area (Å²) in [6.45, 7) is 8.41. The summed E-state index contributed by atoms with van der Waals surface area (Å²) in [5.74, 6) is 0.479. The normalized spacial score (nSPS) is 9.45. The zero-order valence-corrected chi connectivity index (χ0v) is 8.64. The first-order valence-electron chi connectivity index (χ1n) is 4.21. The molecule has 0 fully saturated rings. The molecule has 0 atom stereocenters. The largest absolute Gasteiger partial charge is 0.302 e. The van der Waals surface area contributed by atoms with Gasteiger partial charge in [-0.05, 0) is 14.1 Å². The number of hydrogen-bond donors (Lipinski definition) is 0. The lowest BCUT2D eigenvalue weighted by Crippen LogP contribution is -2.24. The quantitative estimate of drug-likeness (QED) is 0.626. The molecule has 0 radical (unpaired) electrons. The van der Waals surface area contributed by atoms with Crippen LogP contribution in [0.15, 0.2) is 0 Å². The maximum absolute atomic E-state index is 10.9. The molecule has 0 aromatic rings. The Hall–Kier alpha value is -0.370. The molecule has 0 aliphatic carbocycles. The maximum atomic E-state index is 10.9. The van der Waals surface area contributed by atoms with Gasteiger partial charge < -0.3 is 4.90 Å². The zero-order chi connectivity index (χ0) is 9.44. The second-order valence-corrected chi connectivity index (χ2v) is 2.86. The Labute approximate surface area is 70.6 Å². The molecule has 0 aromatic carbocycles. The first-order valence-corrected chi connectivity index (χ1v) is 4.21. The summed E-state index contributed by atoms with van der Waals surface area (Å²) in [5.41, 5.74) is 0. The van der Waals surface area contributed by atoms with Gasteiger partial charge >= 0.3 is 0 Å². The Morgan fingerprint density at radius 2 is 1.64 bits per heavy atom. The lowest BCUT2D eigenvalue weighted by molar-refractivity contribution is -0.122. The number of likely N-dealkylation sites (N-methyl/N-ethyl adjacent to an activating group) is 1. The van der Waals surface area contributed by atoms with E-state index in [1.54, 1.807) is 0 Å². The van der Waals surface area contributed by atoms with Crippen LogP contribution in [0.3, 0.4) is 0 Å². The molecule has 0 aliphatic rings. The summed E-state index contributed by atoms with van der Waals surface area (Å²) in [4.78, 5) is 12.8. The van der Waals surface area contributed by atoms with Crippen molar-refractivity contribution in [3.05, 3.63) is 0 Å². The zero-order valence-electron chi connectivity index (χ0n) is 8.64. The van der Waals surface area contributed by atoms with Gasteiger partial charge in [-0.15, -0.1) is 0 Å². The number of carbonyl (C=O) groups excluding carboxylic acids is 1. The monoisotopic (exact) mass is 159 g/mol. The Morgan fingerprint density at radius 3 is 1.73 bits per heavy atom. The number of Topliss-reactive ketones (excluding diaryl/α,β-unsaturated/α-hetero) is 1. The van der Waals surface area contributed by atoms with Gasteiger partial charge in [0.2, 0.25) is 0 Å². The van der Waals surface area contributed by atoms with Crippen molar-refractivity contribution in [3.63, 3.8) is 0 Å². The molecule has 0 saturated carbocycles. The average molecular weight is 159 g/mol. The standard InChI is InChI=1S/C7H15NO.C2H6/c1-6(2)7(9)5-8(3)4;1-2/h6H,5H2,1-4H3;1-2H3. The third-order valence-electron chi connectivity index (χ3n) is 1.12. The molecule has 0 amide bonds. The summed E-state index contributed by atoms with van der Waals surface area (Å²) < 4.78 is 0. The molecular formula is C9H21NO. The van der Waals surface area contributed by atoms with Crippen LogP contribution in [-0.2, 0) is 4.79 Å². The summed E-state index contributed by atoms with van der Waals surface area (Å²) >= 11 is 0. The lowest BCUT2D eigenvalue weighted by Gasteiger charge is -2.09. The van der Waals surface area contributed by atoms with E-state index >= 15 is 0 Å². The van der Waals surface area contributed by atoms with E-state index in [1.807, 2.05) is 46.7 Å². The molecule has 0 bridgehead atoms. The average Bonchev–Trinajstić information content (AvgIpc) is 1.90. The minimum absolute atomic E-state index is 0.174. The highest BCUT2D eigenvalue weighted by Crippen LogP contribution is 1.93. The number of ketones is 1. The second kappa shape index (κ2) is 7.73. The van der Waals surface area contributed by atoms with Gasteiger partial charge in [0.15, 0.2) is 0 Å². The van der Waals surface area contributed by atoms with Crippen LogP contribution < -0.4 is 0 Å². The third-order valence-corrected chi connectivity index (χ3v) is 1.12. The van der Waals surface area contributed by atoms with E-state index < -0.39 is 0 Å². The van der Waals surface area contributed by atoms with Gasteiger partial charge in [-0.25, -0.2) is 0 Å². The number of rotatable bonds is 3. The molecule has 0 aromatic heterocycles. The van der Waals surface area contributed by atoms with Gasteiger partial charge in [0.1, 0.15) is 5.78 Å². The van der Waals surface area contributed by atoms with Gasteiger partial charge in [0.25, 0.3) is 0 Å². The fourth-order valence-electron chi connectivity index (χ4n) is 0.494. The van der Waals surface area contributed by atoms with Crippen LogP contribution in [0.2, 0.25) is 0 Å². The van der Waals surface area contributed by atoms with Crippen molar-refractivity contribution >= 4 is 5.78 Å². The van der Waals surface area contributed by atoms with Crippen LogP contribution >= 0.6 is 0 Å². The van der Waals surface area contributed by atoms with Crippen molar-refractivity contribution in [2.45, 2.75) is 27.7 Å². The van der Waals surface area contributed by atoms with E-state index in [0.29, 0.717) is 12.3 Å². The van der Waals surface area contributed by atoms with E-state index in [2.05, 4.69) is 0 Å². The molecule has 0 heterocycles. The highest BCUT2D eigenvalue weighted by molar-refractivity contribution is 5.82. The van der Waals surface area contributed by atoms with Gasteiger partial charge in [0.05, 0.1) is 6.54 Å². The molecule has 2 nitrogen and oxygen atoms in total. The molecule has 68 valence electrons. The van der Waals surface area contributed by atoms with E-state index in [1.165, 1.54) is 0 Å². The SMILES string of the molecule is CC.CC(C)C(=O)CN(C)C. The predicted molar refractivity (Wildman–Crippen MR) is 49.7 cm³/mol. The van der Waals surface area contributed by atoms with E-state index in [9.17, 15) is 4.79 Å². The minimum Gasteiger partial charge on any atom is -0.302 e. The molecule has 0 rings (SSSR count). The first kappa shape index (κ1) is 13.2. The Kier molecular flexibility index (Phi) is 9.31. The molecule has 0 unspecified atom stereocenters. The lowest BCUT2D eigenvalue weighted by atomic mass is 10.1.